The Morgan fingerprint density at radius 2 is 0.872 bits per heavy atom. The zero-order valence-corrected chi connectivity index (χ0v) is 77.8. The molecular formula is C87H102B2BrClF3N25O14. The molecule has 133 heavy (non-hydrogen) atoms. The number of benzene rings is 4. The molecular weight excluding hydrogens is 1810 g/mol. The molecule has 0 atom stereocenters. The van der Waals surface area contributed by atoms with Crippen molar-refractivity contribution in [2.24, 2.45) is 5.73 Å². The van der Waals surface area contributed by atoms with Gasteiger partial charge in [0.15, 0.2) is 41.1 Å². The maximum Gasteiger partial charge on any atom is 0.488 e. The number of carbonyl (C=O) groups is 5. The maximum atomic E-state index is 15.1. The van der Waals surface area contributed by atoms with Crippen molar-refractivity contribution in [1.82, 2.24) is 91.4 Å². The molecule has 0 aliphatic carbocycles. The third-order valence-corrected chi connectivity index (χ3v) is 19.1. The summed E-state index contributed by atoms with van der Waals surface area (Å²) >= 11 is 3.20. The number of nitrogens with zero attached hydrogens (tertiary/aromatic N) is 16. The number of nitrogens with one attached hydrogen (secondary N) is 4. The number of nitrogens with two attached hydrogens (primary N) is 5. The number of amides is 3. The number of hydrogen-bond acceptors (Lipinski definition) is 34. The van der Waals surface area contributed by atoms with E-state index in [1.807, 2.05) is 139 Å². The molecule has 14 rings (SSSR count). The third kappa shape index (κ3) is 30.3. The van der Waals surface area contributed by atoms with Gasteiger partial charge in [0, 0.05) is 127 Å². The number of H-pyrrole nitrogens is 1. The lowest BCUT2D eigenvalue weighted by Gasteiger charge is -2.11. The van der Waals surface area contributed by atoms with Gasteiger partial charge >= 0.3 is 61.5 Å². The normalized spacial score (nSPS) is 11.0. The van der Waals surface area contributed by atoms with Gasteiger partial charge in [0.1, 0.15) is 40.5 Å². The molecule has 0 saturated carbocycles. The summed E-state index contributed by atoms with van der Waals surface area (Å²) in [6.45, 7) is 23.0. The minimum Gasteiger partial charge on any atom is -0.474 e. The molecule has 0 bridgehead atoms. The standard InChI is InChI=1S/C27H27FN8O2.C19H21FN6O2.C14H17BFN3O4.C8H10N2O.C7H10BNO2.C7H10N2O3.C5H6BrN3.ClH/c1-27(2,3)26-34-25(38-35-26)24(37)31-13-16-7-6-15(12-19(16)28)18-10-11-29-23-21(18)32-22(33-23)20-9-8-17(14-30-20)36(4)5;1-19(2,3)18-25-17(28-26-18)16(27)24-9-11-5-4-10(8-13(11)20)12-6-7-23-15(22)14(12)21;1-14(2,3)13-18-12(23-19-13)11(20)17-7-8-4-5-9(15(21)22)6-10(8)16;1-10(2)8-4-3-7(6-11)9-5-8;9-5-6-1-3-7(4-2-6)8(10)11;1-7(2,3)6-8-4(5(10)11)12-9-6;6-3-1-2-9-5(8)4(3)7;/h6-12,14H,13H2,1-5H3,(H,31,37)(H,29,32,33);4-8H,9,21H2,1-3H3,(H2,22,23)(H,24,27);4-6,21-22H,7H2,1-3H3,(H,17,20);3-6H,1-2H3;1-4,10-11H,5,9H2;1-3H3,(H,10,11);1-2H,7H2,(H2,8,9);1H. The first kappa shape index (κ1) is 106. The Morgan fingerprint density at radius 1 is 0.481 bits per heavy atom. The van der Waals surface area contributed by atoms with E-state index in [1.165, 1.54) is 30.5 Å². The number of aldehydes is 1. The van der Waals surface area contributed by atoms with E-state index in [-0.39, 0.29) is 99.8 Å². The number of aromatic carboxylic acids is 1. The Bertz CT molecular complexity index is 6240. The van der Waals surface area contributed by atoms with E-state index in [9.17, 15) is 32.8 Å². The predicted octanol–water partition coefficient (Wildman–Crippen LogP) is 9.56. The van der Waals surface area contributed by atoms with E-state index in [2.05, 4.69) is 112 Å². The minimum absolute atomic E-state index is 0. The molecule has 0 saturated heterocycles. The summed E-state index contributed by atoms with van der Waals surface area (Å²) in [7, 11) is 4.62. The van der Waals surface area contributed by atoms with Crippen LogP contribution in [0.2, 0.25) is 0 Å². The molecule has 700 valence electrons. The summed E-state index contributed by atoms with van der Waals surface area (Å²) in [5.41, 5.74) is 36.3. The highest BCUT2D eigenvalue weighted by molar-refractivity contribution is 9.10. The number of aromatic amines is 1. The number of halogens is 5. The molecule has 0 aliphatic heterocycles. The minimum atomic E-state index is -1.75. The highest BCUT2D eigenvalue weighted by Crippen LogP contribution is 2.33. The molecule has 10 heterocycles. The van der Waals surface area contributed by atoms with Crippen molar-refractivity contribution in [3.8, 4) is 33.8 Å². The lowest BCUT2D eigenvalue weighted by Crippen LogP contribution is -2.31. The third-order valence-electron chi connectivity index (χ3n) is 18.4. The van der Waals surface area contributed by atoms with Crippen molar-refractivity contribution < 1.29 is 80.4 Å². The fraction of sp³-hybridized carbons (Fsp3) is 0.276. The van der Waals surface area contributed by atoms with Gasteiger partial charge in [-0.1, -0.05) is 164 Å². The number of carboxylic acid groups (broad SMARTS) is 1. The second-order valence-electron chi connectivity index (χ2n) is 33.3. The fourth-order valence-electron chi connectivity index (χ4n) is 10.6. The average Bonchev–Trinajstić information content (AvgIpc) is 1.79. The van der Waals surface area contributed by atoms with Crippen molar-refractivity contribution in [2.45, 2.75) is 131 Å². The Kier molecular flexibility index (Phi) is 37.2. The van der Waals surface area contributed by atoms with Gasteiger partial charge < -0.3 is 103 Å². The monoisotopic (exact) mass is 1910 g/mol. The maximum absolute atomic E-state index is 15.1. The molecule has 0 aliphatic rings. The highest BCUT2D eigenvalue weighted by Gasteiger charge is 2.29. The molecule has 39 nitrogen and oxygen atoms in total. The molecule has 0 radical (unpaired) electrons. The molecule has 0 spiro atoms. The van der Waals surface area contributed by atoms with E-state index >= 15 is 4.39 Å². The van der Waals surface area contributed by atoms with Crippen molar-refractivity contribution in [1.29, 1.82) is 0 Å². The number of pyridine rings is 5. The highest BCUT2D eigenvalue weighted by atomic mass is 79.9. The van der Waals surface area contributed by atoms with Gasteiger partial charge in [-0.25, -0.2) is 37.9 Å². The Hall–Kier alpha value is -14.5. The van der Waals surface area contributed by atoms with Gasteiger partial charge in [-0.15, -0.1) is 12.4 Å². The SMILES string of the molecule is CC(C)(C)c1noc(C(=O)NCc2ccc(-c3ccnc(N)c3N)cc2F)n1.CC(C)(C)c1noc(C(=O)NCc2ccc(B(O)O)cc2F)n1.CC(C)(C)c1noc(C(=O)O)n1.CN(C)c1ccc(-c2nc3nccc(-c4ccc(CNC(=O)c5nc(C(C)(C)C)no5)c(F)c4)c3[nH]2)nc1.CN(C)c1ccc(C=O)nc1.Cl.NCc1ccc(B(O)O)cc1.Nc1nccc(Br)c1N. The van der Waals surface area contributed by atoms with Crippen LogP contribution in [0.1, 0.15) is 182 Å². The van der Waals surface area contributed by atoms with Gasteiger partial charge in [-0.05, 0) is 104 Å². The summed E-state index contributed by atoms with van der Waals surface area (Å²) < 4.78 is 63.5. The summed E-state index contributed by atoms with van der Waals surface area (Å²) in [4.78, 5) is 105. The molecule has 0 unspecified atom stereocenters. The van der Waals surface area contributed by atoms with Crippen molar-refractivity contribution in [2.75, 3.05) is 60.9 Å². The van der Waals surface area contributed by atoms with E-state index in [1.54, 1.807) is 97.6 Å². The fourth-order valence-corrected chi connectivity index (χ4v) is 11.0. The van der Waals surface area contributed by atoms with Crippen LogP contribution in [-0.4, -0.2) is 173 Å². The smallest absolute Gasteiger partial charge is 0.474 e. The number of imidazole rings is 1. The van der Waals surface area contributed by atoms with Crippen LogP contribution in [-0.2, 0) is 47.8 Å². The van der Waals surface area contributed by atoms with Gasteiger partial charge in [-0.2, -0.15) is 19.9 Å². The van der Waals surface area contributed by atoms with Gasteiger partial charge in [0.2, 0.25) is 0 Å². The quantitative estimate of drug-likeness (QED) is 0.0264. The molecule has 0 fully saturated rings. The number of carbonyl (C=O) groups excluding carboxylic acids is 4. The summed E-state index contributed by atoms with van der Waals surface area (Å²) in [5.74, 6) is -2.68. The Labute approximate surface area is 777 Å². The first-order valence-electron chi connectivity index (χ1n) is 40.1. The van der Waals surface area contributed by atoms with Crippen LogP contribution in [0, 0.1) is 17.5 Å². The van der Waals surface area contributed by atoms with Crippen LogP contribution in [0.5, 0.6) is 0 Å². The lowest BCUT2D eigenvalue weighted by atomic mass is 9.80. The number of aromatic nitrogens is 15. The van der Waals surface area contributed by atoms with E-state index in [0.29, 0.717) is 103 Å². The van der Waals surface area contributed by atoms with Crippen LogP contribution >= 0.6 is 28.3 Å². The largest absolute Gasteiger partial charge is 0.488 e. The van der Waals surface area contributed by atoms with Crippen LogP contribution in [0.4, 0.5) is 47.6 Å². The Morgan fingerprint density at radius 3 is 1.23 bits per heavy atom. The molecule has 14 aromatic rings. The van der Waals surface area contributed by atoms with Crippen LogP contribution in [0.3, 0.4) is 0 Å². The van der Waals surface area contributed by atoms with Gasteiger partial charge in [-0.3, -0.25) is 29.1 Å². The van der Waals surface area contributed by atoms with E-state index < -0.39 is 55.4 Å². The molecule has 10 aromatic heterocycles. The van der Waals surface area contributed by atoms with E-state index in [0.717, 1.165) is 39.3 Å². The molecule has 3 amide bonds. The van der Waals surface area contributed by atoms with Gasteiger partial charge in [0.25, 0.3) is 0 Å². The molecule has 4 aromatic carbocycles. The number of rotatable bonds is 19. The summed E-state index contributed by atoms with van der Waals surface area (Å²) in [5, 5.41) is 66.4. The lowest BCUT2D eigenvalue weighted by molar-refractivity contribution is 0.0642. The number of carboxylic acids is 1. The number of nitrogen functional groups attached to an aromatic ring is 4. The second kappa shape index (κ2) is 46.8. The van der Waals surface area contributed by atoms with Crippen LogP contribution in [0.25, 0.3) is 44.9 Å². The van der Waals surface area contributed by atoms with Crippen LogP contribution in [0.15, 0.2) is 175 Å². The van der Waals surface area contributed by atoms with Gasteiger partial charge in [0.05, 0.1) is 40.7 Å². The summed E-state index contributed by atoms with van der Waals surface area (Å²) in [6, 6.07) is 32.6. The predicted molar refractivity (Wildman–Crippen MR) is 500 cm³/mol. The zero-order chi connectivity index (χ0) is 97.4. The van der Waals surface area contributed by atoms with Crippen LogP contribution < -0.4 is 65.3 Å². The number of anilines is 6. The topological polar surface area (TPSA) is 608 Å². The first-order valence-corrected chi connectivity index (χ1v) is 40.9. The first-order chi connectivity index (χ1) is 62.0. The van der Waals surface area contributed by atoms with Crippen molar-refractivity contribution >= 4 is 129 Å². The summed E-state index contributed by atoms with van der Waals surface area (Å²) in [6.07, 6.45) is 8.90. The average molecular weight is 1920 g/mol. The number of hydrogen-bond donors (Lipinski definition) is 14. The second-order valence-corrected chi connectivity index (χ2v) is 34.2. The molecule has 46 heteroatoms. The van der Waals surface area contributed by atoms with Crippen molar-refractivity contribution in [3.05, 3.63) is 249 Å². The number of fused-ring (bicyclic) bond motifs is 1. The zero-order valence-electron chi connectivity index (χ0n) is 75.4. The van der Waals surface area contributed by atoms with Crippen molar-refractivity contribution in [3.63, 3.8) is 0 Å². The molecule has 19 N–H and O–H groups in total. The Balaban J connectivity index is 0.000000226. The van der Waals surface area contributed by atoms with E-state index in [4.69, 9.17) is 67.4 Å².